The summed E-state index contributed by atoms with van der Waals surface area (Å²) in [5, 5.41) is 4.73. The molecule has 1 atom stereocenters. The molecule has 4 rings (SSSR count). The van der Waals surface area contributed by atoms with Crippen LogP contribution in [0, 0.1) is 19.8 Å². The van der Waals surface area contributed by atoms with E-state index in [1.165, 1.54) is 0 Å². The molecular formula is C25H23BrN2O4. The fraction of sp³-hybridized carbons (Fsp3) is 0.240. The number of carbonyl (C=O) groups is 3. The molecule has 0 saturated carbocycles. The predicted octanol–water partition coefficient (Wildman–Crippen LogP) is 4.75. The molecule has 1 heterocycles. The van der Waals surface area contributed by atoms with E-state index in [0.29, 0.717) is 5.69 Å². The van der Waals surface area contributed by atoms with E-state index >= 15 is 0 Å². The monoisotopic (exact) mass is 494 g/mol. The number of nitrogens with one attached hydrogen (secondary N) is 1. The van der Waals surface area contributed by atoms with Crippen LogP contribution in [0.4, 0.5) is 11.4 Å². The maximum absolute atomic E-state index is 12.6. The highest BCUT2D eigenvalue weighted by Gasteiger charge is 2.36. The van der Waals surface area contributed by atoms with Gasteiger partial charge in [-0.3, -0.25) is 14.4 Å². The smallest absolute Gasteiger partial charge is 0.311 e. The summed E-state index contributed by atoms with van der Waals surface area (Å²) in [6.45, 7) is 3.71. The van der Waals surface area contributed by atoms with Gasteiger partial charge in [-0.15, -0.1) is 0 Å². The Morgan fingerprint density at radius 1 is 1.09 bits per heavy atom. The zero-order chi connectivity index (χ0) is 22.8. The lowest BCUT2D eigenvalue weighted by Gasteiger charge is -2.18. The van der Waals surface area contributed by atoms with Gasteiger partial charge in [0.2, 0.25) is 5.91 Å². The van der Waals surface area contributed by atoms with Crippen molar-refractivity contribution in [2.24, 2.45) is 5.92 Å². The van der Waals surface area contributed by atoms with Gasteiger partial charge in [0.15, 0.2) is 6.61 Å². The standard InChI is InChI=1S/C25H23BrN2O4/c1-15-10-19(11-16(2)24(15)26)27-22(29)14-32-25(31)18-12-23(30)28(13-18)21-9-5-7-17-6-3-4-8-20(17)21/h3-11,18H,12-14H2,1-2H3,(H,27,29)/t18-/m1/s1. The van der Waals surface area contributed by atoms with Crippen LogP contribution >= 0.6 is 15.9 Å². The summed E-state index contributed by atoms with van der Waals surface area (Å²) >= 11 is 3.49. The molecule has 0 aliphatic carbocycles. The van der Waals surface area contributed by atoms with E-state index in [-0.39, 0.29) is 18.9 Å². The van der Waals surface area contributed by atoms with Crippen LogP contribution in [0.1, 0.15) is 17.5 Å². The quantitative estimate of drug-likeness (QED) is 0.519. The summed E-state index contributed by atoms with van der Waals surface area (Å²) in [5.74, 6) is -1.70. The number of fused-ring (bicyclic) bond motifs is 1. The maximum Gasteiger partial charge on any atom is 0.311 e. The zero-order valence-electron chi connectivity index (χ0n) is 17.9. The summed E-state index contributed by atoms with van der Waals surface area (Å²) in [4.78, 5) is 39.1. The Morgan fingerprint density at radius 3 is 2.53 bits per heavy atom. The van der Waals surface area contributed by atoms with E-state index in [1.807, 2.05) is 68.4 Å². The van der Waals surface area contributed by atoms with Crippen LogP contribution in [0.2, 0.25) is 0 Å². The zero-order valence-corrected chi connectivity index (χ0v) is 19.4. The third kappa shape index (κ3) is 4.53. The number of amides is 2. The van der Waals surface area contributed by atoms with E-state index in [4.69, 9.17) is 4.74 Å². The Labute approximate surface area is 194 Å². The lowest BCUT2D eigenvalue weighted by atomic mass is 10.1. The average Bonchev–Trinajstić information content (AvgIpc) is 3.17. The van der Waals surface area contributed by atoms with Crippen LogP contribution in [0.15, 0.2) is 59.1 Å². The predicted molar refractivity (Wildman–Crippen MR) is 128 cm³/mol. The number of hydrogen-bond acceptors (Lipinski definition) is 4. The molecule has 1 aliphatic rings. The second-order valence-corrected chi connectivity index (χ2v) is 8.78. The van der Waals surface area contributed by atoms with E-state index in [1.54, 1.807) is 4.90 Å². The molecule has 1 aliphatic heterocycles. The first kappa shape index (κ1) is 22.0. The van der Waals surface area contributed by atoms with Crippen molar-refractivity contribution in [3.63, 3.8) is 0 Å². The molecule has 32 heavy (non-hydrogen) atoms. The molecule has 1 fully saturated rings. The van der Waals surface area contributed by atoms with Crippen LogP contribution in [-0.4, -0.2) is 30.9 Å². The SMILES string of the molecule is Cc1cc(NC(=O)COC(=O)[C@@H]2CC(=O)N(c3cccc4ccccc34)C2)cc(C)c1Br. The number of esters is 1. The van der Waals surface area contributed by atoms with Crippen molar-refractivity contribution in [3.05, 3.63) is 70.2 Å². The Hall–Kier alpha value is -3.19. The fourth-order valence-electron chi connectivity index (χ4n) is 4.01. The average molecular weight is 495 g/mol. The number of ether oxygens (including phenoxy) is 1. The number of aryl methyl sites for hydroxylation is 2. The molecule has 0 bridgehead atoms. The minimum atomic E-state index is -0.605. The van der Waals surface area contributed by atoms with Crippen molar-refractivity contribution in [2.75, 3.05) is 23.4 Å². The molecule has 1 N–H and O–H groups in total. The normalized spacial score (nSPS) is 15.8. The van der Waals surface area contributed by atoms with Gasteiger partial charge in [0, 0.05) is 28.5 Å². The second kappa shape index (κ2) is 9.12. The molecule has 1 saturated heterocycles. The number of anilines is 2. The van der Waals surface area contributed by atoms with Gasteiger partial charge in [-0.05, 0) is 48.6 Å². The van der Waals surface area contributed by atoms with Crippen LogP contribution < -0.4 is 10.2 Å². The van der Waals surface area contributed by atoms with Gasteiger partial charge in [-0.1, -0.05) is 52.3 Å². The van der Waals surface area contributed by atoms with E-state index in [0.717, 1.165) is 32.1 Å². The lowest BCUT2D eigenvalue weighted by molar-refractivity contribution is -0.151. The van der Waals surface area contributed by atoms with Gasteiger partial charge in [0.25, 0.3) is 5.91 Å². The molecule has 2 amide bonds. The number of hydrogen-bond donors (Lipinski definition) is 1. The summed E-state index contributed by atoms with van der Waals surface area (Å²) in [5.41, 5.74) is 3.41. The van der Waals surface area contributed by atoms with Crippen LogP contribution in [0.25, 0.3) is 10.8 Å². The first-order valence-corrected chi connectivity index (χ1v) is 11.1. The second-order valence-electron chi connectivity index (χ2n) is 7.98. The Kier molecular flexibility index (Phi) is 6.28. The number of carbonyl (C=O) groups excluding carboxylic acids is 3. The first-order chi connectivity index (χ1) is 15.3. The number of nitrogens with zero attached hydrogens (tertiary/aromatic N) is 1. The molecule has 3 aromatic carbocycles. The molecule has 0 aromatic heterocycles. The number of rotatable bonds is 5. The van der Waals surface area contributed by atoms with Crippen molar-refractivity contribution in [1.82, 2.24) is 0 Å². The van der Waals surface area contributed by atoms with Crippen molar-refractivity contribution >= 4 is 55.9 Å². The van der Waals surface area contributed by atoms with Crippen molar-refractivity contribution < 1.29 is 19.1 Å². The first-order valence-electron chi connectivity index (χ1n) is 10.3. The van der Waals surface area contributed by atoms with Crippen LogP contribution in [0.5, 0.6) is 0 Å². The lowest BCUT2D eigenvalue weighted by Crippen LogP contribution is -2.28. The molecule has 0 radical (unpaired) electrons. The fourth-order valence-corrected chi connectivity index (χ4v) is 4.24. The summed E-state index contributed by atoms with van der Waals surface area (Å²) in [6, 6.07) is 17.3. The van der Waals surface area contributed by atoms with E-state index in [9.17, 15) is 14.4 Å². The molecule has 0 spiro atoms. The Morgan fingerprint density at radius 2 is 1.78 bits per heavy atom. The summed E-state index contributed by atoms with van der Waals surface area (Å²) < 4.78 is 6.21. The van der Waals surface area contributed by atoms with Gasteiger partial charge in [0.1, 0.15) is 0 Å². The maximum atomic E-state index is 12.6. The summed E-state index contributed by atoms with van der Waals surface area (Å²) in [7, 11) is 0. The van der Waals surface area contributed by atoms with Gasteiger partial charge in [-0.25, -0.2) is 0 Å². The van der Waals surface area contributed by atoms with Crippen LogP contribution in [0.3, 0.4) is 0 Å². The number of benzene rings is 3. The van der Waals surface area contributed by atoms with Crippen molar-refractivity contribution in [1.29, 1.82) is 0 Å². The molecule has 7 heteroatoms. The van der Waals surface area contributed by atoms with Gasteiger partial charge < -0.3 is 15.0 Å². The molecule has 164 valence electrons. The van der Waals surface area contributed by atoms with Gasteiger partial charge in [-0.2, -0.15) is 0 Å². The molecular weight excluding hydrogens is 472 g/mol. The highest BCUT2D eigenvalue weighted by atomic mass is 79.9. The number of halogens is 1. The molecule has 3 aromatic rings. The highest BCUT2D eigenvalue weighted by molar-refractivity contribution is 9.10. The van der Waals surface area contributed by atoms with Gasteiger partial charge in [0.05, 0.1) is 11.6 Å². The minimum absolute atomic E-state index is 0.0643. The van der Waals surface area contributed by atoms with Gasteiger partial charge >= 0.3 is 5.97 Å². The van der Waals surface area contributed by atoms with Crippen LogP contribution in [-0.2, 0) is 19.1 Å². The van der Waals surface area contributed by atoms with Crippen molar-refractivity contribution in [2.45, 2.75) is 20.3 Å². The molecule has 6 nitrogen and oxygen atoms in total. The van der Waals surface area contributed by atoms with E-state index < -0.39 is 24.4 Å². The topological polar surface area (TPSA) is 75.7 Å². The Balaban J connectivity index is 1.37. The minimum Gasteiger partial charge on any atom is -0.455 e. The third-order valence-electron chi connectivity index (χ3n) is 5.58. The van der Waals surface area contributed by atoms with Crippen molar-refractivity contribution in [3.8, 4) is 0 Å². The largest absolute Gasteiger partial charge is 0.455 e. The highest BCUT2D eigenvalue weighted by Crippen LogP contribution is 2.32. The van der Waals surface area contributed by atoms with E-state index in [2.05, 4.69) is 21.2 Å². The summed E-state index contributed by atoms with van der Waals surface area (Å²) in [6.07, 6.45) is 0.0643. The third-order valence-corrected chi connectivity index (χ3v) is 6.83. The molecule has 0 unspecified atom stereocenters. The Bertz CT molecular complexity index is 1200.